The summed E-state index contributed by atoms with van der Waals surface area (Å²) < 4.78 is 10.5. The lowest BCUT2D eigenvalue weighted by Crippen LogP contribution is -2.27. The summed E-state index contributed by atoms with van der Waals surface area (Å²) in [6.45, 7) is 10.7. The van der Waals surface area contributed by atoms with Crippen LogP contribution in [0, 0.1) is 11.8 Å². The molecule has 0 unspecified atom stereocenters. The Morgan fingerprint density at radius 2 is 1.52 bits per heavy atom. The number of aromatic nitrogens is 1. The molecule has 2 rings (SSSR count). The molecule has 0 aliphatic carbocycles. The van der Waals surface area contributed by atoms with Crippen molar-refractivity contribution in [1.29, 1.82) is 0 Å². The largest absolute Gasteiger partial charge is 0.444 e. The lowest BCUT2D eigenvalue weighted by molar-refractivity contribution is 0.0624. The Kier molecular flexibility index (Phi) is 7.13. The van der Waals surface area contributed by atoms with Crippen LogP contribution in [0.25, 0.3) is 0 Å². The molecule has 1 aromatic carbocycles. The molecule has 0 atom stereocenters. The smallest absolute Gasteiger partial charge is 0.412 e. The van der Waals surface area contributed by atoms with Gasteiger partial charge < -0.3 is 15.2 Å². The molecule has 1 aromatic heterocycles. The van der Waals surface area contributed by atoms with Crippen molar-refractivity contribution >= 4 is 29.2 Å². The van der Waals surface area contributed by atoms with E-state index in [1.54, 1.807) is 72.0 Å². The van der Waals surface area contributed by atoms with Crippen molar-refractivity contribution in [2.45, 2.75) is 52.7 Å². The number of nitrogens with two attached hydrogens (primary N) is 1. The quantitative estimate of drug-likeness (QED) is 0.473. The Bertz CT molecular complexity index is 1020. The number of benzene rings is 1. The Morgan fingerprint density at radius 1 is 0.903 bits per heavy atom. The van der Waals surface area contributed by atoms with Gasteiger partial charge in [0.1, 0.15) is 11.2 Å². The monoisotopic (exact) mass is 424 g/mol. The number of carbonyl (C=O) groups excluding carboxylic acids is 2. The molecule has 8 heteroatoms. The van der Waals surface area contributed by atoms with Crippen LogP contribution in [0.15, 0.2) is 36.7 Å². The molecule has 1 heterocycles. The average Bonchev–Trinajstić information content (AvgIpc) is 2.59. The number of hydrogen-bond acceptors (Lipinski definition) is 6. The van der Waals surface area contributed by atoms with Crippen LogP contribution >= 0.6 is 0 Å². The van der Waals surface area contributed by atoms with Gasteiger partial charge in [0.2, 0.25) is 0 Å². The maximum Gasteiger partial charge on any atom is 0.412 e. The third-order valence-electron chi connectivity index (χ3n) is 3.40. The van der Waals surface area contributed by atoms with Crippen LogP contribution in [0.4, 0.5) is 26.7 Å². The summed E-state index contributed by atoms with van der Waals surface area (Å²) >= 11 is 0. The Morgan fingerprint density at radius 3 is 2.13 bits per heavy atom. The zero-order chi connectivity index (χ0) is 23.2. The number of nitrogen functional groups attached to an aromatic ring is 1. The van der Waals surface area contributed by atoms with E-state index < -0.39 is 23.4 Å². The van der Waals surface area contributed by atoms with E-state index in [2.05, 4.69) is 27.5 Å². The fourth-order valence-corrected chi connectivity index (χ4v) is 2.33. The molecule has 2 amide bonds. The van der Waals surface area contributed by atoms with Gasteiger partial charge >= 0.3 is 12.2 Å². The number of anilines is 3. The van der Waals surface area contributed by atoms with Crippen molar-refractivity contribution in [2.75, 3.05) is 16.4 Å². The summed E-state index contributed by atoms with van der Waals surface area (Å²) in [6.07, 6.45) is 1.87. The van der Waals surface area contributed by atoms with E-state index in [4.69, 9.17) is 15.2 Å². The van der Waals surface area contributed by atoms with Crippen LogP contribution in [0.2, 0.25) is 0 Å². The Hall–Kier alpha value is -3.73. The first-order valence-electron chi connectivity index (χ1n) is 9.67. The van der Waals surface area contributed by atoms with Crippen LogP contribution in [0.1, 0.15) is 52.7 Å². The number of hydrogen-bond donors (Lipinski definition) is 3. The van der Waals surface area contributed by atoms with E-state index in [-0.39, 0.29) is 0 Å². The maximum atomic E-state index is 12.1. The van der Waals surface area contributed by atoms with Crippen LogP contribution in [0.5, 0.6) is 0 Å². The SMILES string of the molecule is CC(C)(C)OC(=O)Nc1cncc(C#Cc2cc(N)ccc2NC(=O)OC(C)(C)C)c1. The molecule has 0 aliphatic rings. The number of amides is 2. The molecular formula is C23H28N4O4. The molecule has 8 nitrogen and oxygen atoms in total. The number of ether oxygens (including phenoxy) is 2. The fraction of sp³-hybridized carbons (Fsp3) is 0.348. The number of pyridine rings is 1. The van der Waals surface area contributed by atoms with Crippen LogP contribution in [-0.4, -0.2) is 28.4 Å². The molecular weight excluding hydrogens is 396 g/mol. The van der Waals surface area contributed by atoms with Gasteiger partial charge in [-0.25, -0.2) is 9.59 Å². The maximum absolute atomic E-state index is 12.1. The highest BCUT2D eigenvalue weighted by molar-refractivity contribution is 5.87. The highest BCUT2D eigenvalue weighted by Crippen LogP contribution is 2.20. The molecule has 31 heavy (non-hydrogen) atoms. The molecule has 164 valence electrons. The Balaban J connectivity index is 2.21. The number of carbonyl (C=O) groups is 2. The lowest BCUT2D eigenvalue weighted by Gasteiger charge is -2.20. The van der Waals surface area contributed by atoms with Crippen molar-refractivity contribution < 1.29 is 19.1 Å². The molecule has 0 aliphatic heterocycles. The van der Waals surface area contributed by atoms with Crippen molar-refractivity contribution in [3.63, 3.8) is 0 Å². The van der Waals surface area contributed by atoms with Gasteiger partial charge in [-0.2, -0.15) is 0 Å². The van der Waals surface area contributed by atoms with Gasteiger partial charge in [-0.3, -0.25) is 15.6 Å². The first-order valence-corrected chi connectivity index (χ1v) is 9.67. The minimum atomic E-state index is -0.628. The molecule has 0 bridgehead atoms. The van der Waals surface area contributed by atoms with Gasteiger partial charge in [0.15, 0.2) is 0 Å². The zero-order valence-corrected chi connectivity index (χ0v) is 18.6. The Labute approximate surface area is 182 Å². The second-order valence-corrected chi connectivity index (χ2v) is 8.77. The summed E-state index contributed by atoms with van der Waals surface area (Å²) in [4.78, 5) is 28.1. The van der Waals surface area contributed by atoms with Crippen molar-refractivity contribution in [3.8, 4) is 11.8 Å². The van der Waals surface area contributed by atoms with Crippen molar-refractivity contribution in [3.05, 3.63) is 47.8 Å². The van der Waals surface area contributed by atoms with E-state index in [9.17, 15) is 9.59 Å². The molecule has 0 fully saturated rings. The van der Waals surface area contributed by atoms with E-state index in [1.807, 2.05) is 0 Å². The van der Waals surface area contributed by atoms with Gasteiger partial charge in [-0.15, -0.1) is 0 Å². The summed E-state index contributed by atoms with van der Waals surface area (Å²) in [7, 11) is 0. The zero-order valence-electron chi connectivity index (χ0n) is 18.6. The summed E-state index contributed by atoms with van der Waals surface area (Å²) in [5.41, 5.74) is 7.11. The van der Waals surface area contributed by atoms with Gasteiger partial charge in [0, 0.05) is 17.4 Å². The van der Waals surface area contributed by atoms with Crippen molar-refractivity contribution in [1.82, 2.24) is 4.98 Å². The predicted octanol–water partition coefficient (Wildman–Crippen LogP) is 4.76. The third-order valence-corrected chi connectivity index (χ3v) is 3.40. The standard InChI is InChI=1S/C23H28N4O4/c1-22(2,3)30-20(28)26-18-11-15(13-25-14-18)7-8-16-12-17(24)9-10-19(16)27-21(29)31-23(4,5)6/h9-14H,24H2,1-6H3,(H,26,28)(H,27,29). The second kappa shape index (κ2) is 9.39. The highest BCUT2D eigenvalue weighted by Gasteiger charge is 2.17. The van der Waals surface area contributed by atoms with Gasteiger partial charge in [0.25, 0.3) is 0 Å². The minimum absolute atomic E-state index is 0.445. The molecule has 0 saturated heterocycles. The fourth-order valence-electron chi connectivity index (χ4n) is 2.33. The summed E-state index contributed by atoms with van der Waals surface area (Å²) in [6, 6.07) is 6.62. The average molecular weight is 425 g/mol. The minimum Gasteiger partial charge on any atom is -0.444 e. The first kappa shape index (κ1) is 23.5. The lowest BCUT2D eigenvalue weighted by atomic mass is 10.1. The first-order chi connectivity index (χ1) is 14.3. The van der Waals surface area contributed by atoms with E-state index in [0.717, 1.165) is 0 Å². The van der Waals surface area contributed by atoms with Crippen LogP contribution in [0.3, 0.4) is 0 Å². The molecule has 0 saturated carbocycles. The second-order valence-electron chi connectivity index (χ2n) is 8.77. The molecule has 4 N–H and O–H groups in total. The molecule has 2 aromatic rings. The predicted molar refractivity (Wildman–Crippen MR) is 121 cm³/mol. The van der Waals surface area contributed by atoms with Gasteiger partial charge in [0.05, 0.1) is 23.1 Å². The summed E-state index contributed by atoms with van der Waals surface area (Å²) in [5.74, 6) is 5.93. The molecule has 0 radical (unpaired) electrons. The molecule has 0 spiro atoms. The third kappa shape index (κ3) is 8.66. The van der Waals surface area contributed by atoms with Gasteiger partial charge in [-0.1, -0.05) is 11.8 Å². The number of nitrogens with one attached hydrogen (secondary N) is 2. The normalized spacial score (nSPS) is 11.0. The van der Waals surface area contributed by atoms with Crippen LogP contribution in [-0.2, 0) is 9.47 Å². The topological polar surface area (TPSA) is 116 Å². The van der Waals surface area contributed by atoms with Gasteiger partial charge in [-0.05, 0) is 65.8 Å². The van der Waals surface area contributed by atoms with E-state index in [1.165, 1.54) is 6.20 Å². The summed E-state index contributed by atoms with van der Waals surface area (Å²) in [5, 5.41) is 5.30. The van der Waals surface area contributed by atoms with E-state index in [0.29, 0.717) is 28.2 Å². The van der Waals surface area contributed by atoms with Crippen LogP contribution < -0.4 is 16.4 Å². The van der Waals surface area contributed by atoms with E-state index >= 15 is 0 Å². The number of nitrogens with zero attached hydrogens (tertiary/aromatic N) is 1. The number of rotatable bonds is 2. The highest BCUT2D eigenvalue weighted by atomic mass is 16.6. The van der Waals surface area contributed by atoms with Crippen molar-refractivity contribution in [2.24, 2.45) is 0 Å².